The van der Waals surface area contributed by atoms with Crippen LogP contribution in [0.25, 0.3) is 0 Å². The lowest BCUT2D eigenvalue weighted by molar-refractivity contribution is 0.0696. The Bertz CT molecular complexity index is 1210. The zero-order valence-electron chi connectivity index (χ0n) is 20.5. The van der Waals surface area contributed by atoms with Gasteiger partial charge < -0.3 is 29.1 Å². The summed E-state index contributed by atoms with van der Waals surface area (Å²) >= 11 is 0. The van der Waals surface area contributed by atoms with Crippen molar-refractivity contribution in [3.63, 3.8) is 0 Å². The van der Waals surface area contributed by atoms with E-state index in [0.717, 1.165) is 5.56 Å². The number of carbonyl (C=O) groups is 2. The van der Waals surface area contributed by atoms with Crippen LogP contribution in [0.15, 0.2) is 66.7 Å². The Kier molecular flexibility index (Phi) is 8.07. The maximum absolute atomic E-state index is 13.6. The SMILES string of the molecule is CCOc1ccc(CN(C(=O)c2ccccc2)c2ccc(N3CCOCC3)c(C(=O)O)c2)cc1OC. The van der Waals surface area contributed by atoms with Gasteiger partial charge in [-0.15, -0.1) is 0 Å². The summed E-state index contributed by atoms with van der Waals surface area (Å²) in [7, 11) is 1.57. The standard InChI is InChI=1S/C28H30N2O6/c1-3-36-25-12-9-20(17-26(25)34-2)19-30(27(31)21-7-5-4-6-8-21)22-10-11-24(23(18-22)28(32)33)29-13-15-35-16-14-29/h4-12,17-18H,3,13-16,19H2,1-2H3,(H,32,33). The highest BCUT2D eigenvalue weighted by Gasteiger charge is 2.24. The molecule has 3 aromatic carbocycles. The predicted molar refractivity (Wildman–Crippen MR) is 138 cm³/mol. The van der Waals surface area contributed by atoms with E-state index in [0.29, 0.717) is 61.3 Å². The van der Waals surface area contributed by atoms with Crippen LogP contribution in [0.2, 0.25) is 0 Å². The van der Waals surface area contributed by atoms with E-state index in [4.69, 9.17) is 14.2 Å². The first-order valence-electron chi connectivity index (χ1n) is 11.9. The maximum Gasteiger partial charge on any atom is 0.337 e. The molecule has 188 valence electrons. The molecular weight excluding hydrogens is 460 g/mol. The number of anilines is 2. The maximum atomic E-state index is 13.6. The summed E-state index contributed by atoms with van der Waals surface area (Å²) in [6.07, 6.45) is 0. The number of carboxylic acids is 1. The van der Waals surface area contributed by atoms with Crippen LogP contribution in [0.1, 0.15) is 33.2 Å². The molecule has 1 fully saturated rings. The van der Waals surface area contributed by atoms with Gasteiger partial charge in [-0.1, -0.05) is 24.3 Å². The number of methoxy groups -OCH3 is 1. The molecule has 8 heteroatoms. The molecule has 1 aliphatic heterocycles. The van der Waals surface area contributed by atoms with Crippen molar-refractivity contribution in [3.8, 4) is 11.5 Å². The molecule has 0 radical (unpaired) electrons. The summed E-state index contributed by atoms with van der Waals surface area (Å²) < 4.78 is 16.5. The van der Waals surface area contributed by atoms with Gasteiger partial charge >= 0.3 is 5.97 Å². The minimum Gasteiger partial charge on any atom is -0.493 e. The zero-order chi connectivity index (χ0) is 25.5. The average molecular weight is 491 g/mol. The van der Waals surface area contributed by atoms with Gasteiger partial charge in [-0.25, -0.2) is 4.79 Å². The van der Waals surface area contributed by atoms with Gasteiger partial charge in [0.1, 0.15) is 0 Å². The Hall–Kier alpha value is -4.04. The molecule has 0 unspecified atom stereocenters. The Morgan fingerprint density at radius 1 is 1.00 bits per heavy atom. The van der Waals surface area contributed by atoms with Crippen LogP contribution in [0.5, 0.6) is 11.5 Å². The Labute approximate surface area is 210 Å². The summed E-state index contributed by atoms with van der Waals surface area (Å²) in [6, 6.07) is 19.6. The molecule has 36 heavy (non-hydrogen) atoms. The monoisotopic (exact) mass is 490 g/mol. The van der Waals surface area contributed by atoms with Crippen LogP contribution < -0.4 is 19.3 Å². The van der Waals surface area contributed by atoms with Crippen molar-refractivity contribution in [2.75, 3.05) is 49.8 Å². The average Bonchev–Trinajstić information content (AvgIpc) is 2.92. The molecular formula is C28H30N2O6. The topological polar surface area (TPSA) is 88.5 Å². The summed E-state index contributed by atoms with van der Waals surface area (Å²) in [5.41, 5.74) is 2.57. The van der Waals surface area contributed by atoms with Gasteiger partial charge in [0.05, 0.1) is 44.7 Å². The molecule has 1 saturated heterocycles. The molecule has 1 aliphatic rings. The van der Waals surface area contributed by atoms with Crippen LogP contribution in [-0.2, 0) is 11.3 Å². The second-order valence-electron chi connectivity index (χ2n) is 8.28. The molecule has 0 aliphatic carbocycles. The van der Waals surface area contributed by atoms with E-state index in [1.54, 1.807) is 54.5 Å². The molecule has 0 atom stereocenters. The summed E-state index contributed by atoms with van der Waals surface area (Å²) in [6.45, 7) is 4.91. The zero-order valence-corrected chi connectivity index (χ0v) is 20.5. The minimum atomic E-state index is -1.05. The summed E-state index contributed by atoms with van der Waals surface area (Å²) in [4.78, 5) is 29.4. The highest BCUT2D eigenvalue weighted by Crippen LogP contribution is 2.32. The number of nitrogens with zero attached hydrogens (tertiary/aromatic N) is 2. The van der Waals surface area contributed by atoms with E-state index in [-0.39, 0.29) is 18.0 Å². The van der Waals surface area contributed by atoms with E-state index in [1.165, 1.54) is 0 Å². The summed E-state index contributed by atoms with van der Waals surface area (Å²) in [5, 5.41) is 10.0. The first kappa shape index (κ1) is 25.1. The second kappa shape index (κ2) is 11.6. The van der Waals surface area contributed by atoms with Crippen LogP contribution in [-0.4, -0.2) is 57.0 Å². The Balaban J connectivity index is 1.74. The van der Waals surface area contributed by atoms with Crippen molar-refractivity contribution in [2.24, 2.45) is 0 Å². The normalized spacial score (nSPS) is 13.2. The highest BCUT2D eigenvalue weighted by atomic mass is 16.5. The molecule has 1 amide bonds. The quantitative estimate of drug-likeness (QED) is 0.473. The van der Waals surface area contributed by atoms with Crippen molar-refractivity contribution < 1.29 is 28.9 Å². The van der Waals surface area contributed by atoms with Crippen LogP contribution in [0.3, 0.4) is 0 Å². The second-order valence-corrected chi connectivity index (χ2v) is 8.28. The van der Waals surface area contributed by atoms with Gasteiger partial charge in [-0.2, -0.15) is 0 Å². The van der Waals surface area contributed by atoms with E-state index < -0.39 is 5.97 Å². The van der Waals surface area contributed by atoms with Gasteiger partial charge in [0, 0.05) is 24.3 Å². The Morgan fingerprint density at radius 3 is 2.42 bits per heavy atom. The molecule has 1 heterocycles. The molecule has 0 spiro atoms. The molecule has 4 rings (SSSR count). The number of morpholine rings is 1. The highest BCUT2D eigenvalue weighted by molar-refractivity contribution is 6.07. The lowest BCUT2D eigenvalue weighted by Crippen LogP contribution is -2.37. The Morgan fingerprint density at radius 2 is 1.75 bits per heavy atom. The van der Waals surface area contributed by atoms with Crippen molar-refractivity contribution in [1.29, 1.82) is 0 Å². The van der Waals surface area contributed by atoms with Crippen LogP contribution in [0, 0.1) is 0 Å². The van der Waals surface area contributed by atoms with Gasteiger partial charge in [-0.3, -0.25) is 4.79 Å². The van der Waals surface area contributed by atoms with Gasteiger partial charge in [0.15, 0.2) is 11.5 Å². The van der Waals surface area contributed by atoms with E-state index in [9.17, 15) is 14.7 Å². The predicted octanol–water partition coefficient (Wildman–Crippen LogP) is 4.48. The molecule has 0 saturated carbocycles. The number of carboxylic acid groups (broad SMARTS) is 1. The number of aromatic carboxylic acids is 1. The lowest BCUT2D eigenvalue weighted by atomic mass is 10.1. The van der Waals surface area contributed by atoms with Crippen LogP contribution >= 0.6 is 0 Å². The number of benzene rings is 3. The molecule has 1 N–H and O–H groups in total. The summed E-state index contributed by atoms with van der Waals surface area (Å²) in [5.74, 6) is -0.102. The largest absolute Gasteiger partial charge is 0.493 e. The number of rotatable bonds is 9. The molecule has 8 nitrogen and oxygen atoms in total. The number of hydrogen-bond donors (Lipinski definition) is 1. The third-order valence-corrected chi connectivity index (χ3v) is 6.01. The van der Waals surface area contributed by atoms with E-state index in [2.05, 4.69) is 0 Å². The van der Waals surface area contributed by atoms with Crippen molar-refractivity contribution in [1.82, 2.24) is 0 Å². The van der Waals surface area contributed by atoms with Crippen molar-refractivity contribution >= 4 is 23.3 Å². The molecule has 0 bridgehead atoms. The van der Waals surface area contributed by atoms with Crippen molar-refractivity contribution in [2.45, 2.75) is 13.5 Å². The number of carbonyl (C=O) groups excluding carboxylic acids is 1. The van der Waals surface area contributed by atoms with Crippen LogP contribution in [0.4, 0.5) is 11.4 Å². The van der Waals surface area contributed by atoms with E-state index >= 15 is 0 Å². The van der Waals surface area contributed by atoms with Gasteiger partial charge in [0.25, 0.3) is 5.91 Å². The fraction of sp³-hybridized carbons (Fsp3) is 0.286. The fourth-order valence-corrected chi connectivity index (χ4v) is 4.23. The number of hydrogen-bond acceptors (Lipinski definition) is 6. The third kappa shape index (κ3) is 5.60. The molecule has 0 aromatic heterocycles. The first-order valence-corrected chi connectivity index (χ1v) is 11.9. The number of ether oxygens (including phenoxy) is 3. The first-order chi connectivity index (χ1) is 17.5. The van der Waals surface area contributed by atoms with Gasteiger partial charge in [0.2, 0.25) is 0 Å². The lowest BCUT2D eigenvalue weighted by Gasteiger charge is -2.31. The number of amides is 1. The minimum absolute atomic E-state index is 0.143. The smallest absolute Gasteiger partial charge is 0.337 e. The van der Waals surface area contributed by atoms with E-state index in [1.807, 2.05) is 36.1 Å². The molecule has 3 aromatic rings. The third-order valence-electron chi connectivity index (χ3n) is 6.01. The fourth-order valence-electron chi connectivity index (χ4n) is 4.23. The van der Waals surface area contributed by atoms with Gasteiger partial charge in [-0.05, 0) is 55.0 Å². The van der Waals surface area contributed by atoms with Crippen molar-refractivity contribution in [3.05, 3.63) is 83.4 Å².